The summed E-state index contributed by atoms with van der Waals surface area (Å²) >= 11 is 4.15. The van der Waals surface area contributed by atoms with Gasteiger partial charge in [-0.25, -0.2) is 0 Å². The van der Waals surface area contributed by atoms with Gasteiger partial charge in [0.1, 0.15) is 12.4 Å². The molecule has 0 spiro atoms. The third kappa shape index (κ3) is 4.83. The highest BCUT2D eigenvalue weighted by Gasteiger charge is 2.16. The molecule has 0 aromatic heterocycles. The summed E-state index contributed by atoms with van der Waals surface area (Å²) in [5, 5.41) is 0. The lowest BCUT2D eigenvalue weighted by Gasteiger charge is -2.26. The first-order valence-electron chi connectivity index (χ1n) is 8.10. The molecule has 116 valence electrons. The fraction of sp³-hybridized carbons (Fsp3) is 0.647. The van der Waals surface area contributed by atoms with Gasteiger partial charge >= 0.3 is 0 Å². The number of ether oxygens (including phenoxy) is 1. The highest BCUT2D eigenvalue weighted by Crippen LogP contribution is 2.43. The Bertz CT molecular complexity index is 411. The molecule has 4 heteroatoms. The predicted octanol–water partition coefficient (Wildman–Crippen LogP) is 4.42. The maximum atomic E-state index is 5.90. The molecule has 2 heterocycles. The molecular formula is C17H25NOS2. The first-order chi connectivity index (χ1) is 10.4. The van der Waals surface area contributed by atoms with Crippen LogP contribution in [0.4, 0.5) is 0 Å². The minimum Gasteiger partial charge on any atom is -0.492 e. The molecule has 0 aliphatic carbocycles. The lowest BCUT2D eigenvalue weighted by molar-refractivity contribution is 0.183. The van der Waals surface area contributed by atoms with E-state index in [1.54, 1.807) is 0 Å². The second-order valence-electron chi connectivity index (χ2n) is 5.75. The van der Waals surface area contributed by atoms with Crippen molar-refractivity contribution in [2.75, 3.05) is 37.7 Å². The van der Waals surface area contributed by atoms with Crippen LogP contribution in [0.15, 0.2) is 24.3 Å². The highest BCUT2D eigenvalue weighted by molar-refractivity contribution is 8.16. The molecule has 1 aromatic carbocycles. The summed E-state index contributed by atoms with van der Waals surface area (Å²) in [5.41, 5.74) is 1.44. The topological polar surface area (TPSA) is 12.5 Å². The first kappa shape index (κ1) is 15.6. The van der Waals surface area contributed by atoms with Crippen molar-refractivity contribution >= 4 is 23.5 Å². The van der Waals surface area contributed by atoms with Crippen LogP contribution in [-0.2, 0) is 0 Å². The predicted molar refractivity (Wildman–Crippen MR) is 94.5 cm³/mol. The van der Waals surface area contributed by atoms with Crippen molar-refractivity contribution in [2.24, 2.45) is 0 Å². The van der Waals surface area contributed by atoms with Gasteiger partial charge in [0.2, 0.25) is 0 Å². The van der Waals surface area contributed by atoms with E-state index >= 15 is 0 Å². The molecule has 2 saturated heterocycles. The maximum absolute atomic E-state index is 5.90. The van der Waals surface area contributed by atoms with Crippen LogP contribution in [0, 0.1) is 0 Å². The van der Waals surface area contributed by atoms with Gasteiger partial charge in [0, 0.05) is 6.54 Å². The quantitative estimate of drug-likeness (QED) is 0.795. The number of piperidine rings is 1. The fourth-order valence-electron chi connectivity index (χ4n) is 2.88. The van der Waals surface area contributed by atoms with Gasteiger partial charge in [0.15, 0.2) is 0 Å². The smallest absolute Gasteiger partial charge is 0.119 e. The van der Waals surface area contributed by atoms with Crippen LogP contribution in [0.2, 0.25) is 0 Å². The summed E-state index contributed by atoms with van der Waals surface area (Å²) in [6.45, 7) is 4.37. The number of benzene rings is 1. The van der Waals surface area contributed by atoms with E-state index in [0.717, 1.165) is 18.9 Å². The monoisotopic (exact) mass is 323 g/mol. The summed E-state index contributed by atoms with van der Waals surface area (Å²) in [6.07, 6.45) is 5.45. The summed E-state index contributed by atoms with van der Waals surface area (Å²) in [6, 6.07) is 8.76. The fourth-order valence-corrected chi connectivity index (χ4v) is 5.77. The normalized spacial score (nSPS) is 21.3. The Morgan fingerprint density at radius 1 is 0.952 bits per heavy atom. The molecule has 0 atom stereocenters. The van der Waals surface area contributed by atoms with E-state index in [-0.39, 0.29) is 0 Å². The van der Waals surface area contributed by atoms with Crippen LogP contribution in [0.3, 0.4) is 0 Å². The van der Waals surface area contributed by atoms with Crippen molar-refractivity contribution in [3.05, 3.63) is 29.8 Å². The molecule has 21 heavy (non-hydrogen) atoms. The Kier molecular flexibility index (Phi) is 6.19. The second kappa shape index (κ2) is 8.35. The summed E-state index contributed by atoms with van der Waals surface area (Å²) < 4.78 is 6.52. The molecule has 0 bridgehead atoms. The number of hydrogen-bond donors (Lipinski definition) is 0. The Labute approximate surface area is 137 Å². The van der Waals surface area contributed by atoms with Crippen molar-refractivity contribution < 1.29 is 4.74 Å². The number of thioether (sulfide) groups is 2. The first-order valence-corrected chi connectivity index (χ1v) is 10.2. The Morgan fingerprint density at radius 2 is 1.67 bits per heavy atom. The van der Waals surface area contributed by atoms with Crippen molar-refractivity contribution in [2.45, 2.75) is 30.3 Å². The van der Waals surface area contributed by atoms with Crippen LogP contribution in [0.25, 0.3) is 0 Å². The van der Waals surface area contributed by atoms with Gasteiger partial charge in [-0.3, -0.25) is 4.90 Å². The van der Waals surface area contributed by atoms with Crippen LogP contribution in [-0.4, -0.2) is 42.6 Å². The number of hydrogen-bond acceptors (Lipinski definition) is 4. The van der Waals surface area contributed by atoms with E-state index in [1.165, 1.54) is 55.8 Å². The average Bonchev–Trinajstić information content (AvgIpc) is 2.57. The van der Waals surface area contributed by atoms with Gasteiger partial charge in [-0.1, -0.05) is 18.6 Å². The largest absolute Gasteiger partial charge is 0.492 e. The van der Waals surface area contributed by atoms with Crippen molar-refractivity contribution in [1.29, 1.82) is 0 Å². The van der Waals surface area contributed by atoms with E-state index in [2.05, 4.69) is 52.7 Å². The zero-order valence-electron chi connectivity index (χ0n) is 12.6. The minimum atomic E-state index is 0.626. The van der Waals surface area contributed by atoms with E-state index < -0.39 is 0 Å². The molecule has 2 aliphatic heterocycles. The minimum absolute atomic E-state index is 0.626. The molecule has 0 unspecified atom stereocenters. The molecule has 0 N–H and O–H groups in total. The van der Waals surface area contributed by atoms with Gasteiger partial charge < -0.3 is 4.74 Å². The van der Waals surface area contributed by atoms with Crippen LogP contribution >= 0.6 is 23.5 Å². The van der Waals surface area contributed by atoms with Gasteiger partial charge in [0.25, 0.3) is 0 Å². The van der Waals surface area contributed by atoms with Gasteiger partial charge in [-0.05, 0) is 61.6 Å². The lowest BCUT2D eigenvalue weighted by Crippen LogP contribution is -2.33. The number of nitrogens with zero attached hydrogens (tertiary/aromatic N) is 1. The SMILES string of the molecule is c1cc(C2SCCCS2)ccc1OCCN1CCCCC1. The third-order valence-electron chi connectivity index (χ3n) is 4.10. The molecule has 2 fully saturated rings. The second-order valence-corrected chi connectivity index (χ2v) is 8.47. The van der Waals surface area contributed by atoms with E-state index in [9.17, 15) is 0 Å². The molecular weight excluding hydrogens is 298 g/mol. The lowest BCUT2D eigenvalue weighted by atomic mass is 10.1. The Morgan fingerprint density at radius 3 is 2.38 bits per heavy atom. The standard InChI is InChI=1S/C17H25NOS2/c1-2-9-18(10-3-1)11-12-19-16-7-5-15(6-8-16)17-20-13-4-14-21-17/h5-8,17H,1-4,9-14H2. The van der Waals surface area contributed by atoms with Crippen LogP contribution < -0.4 is 4.74 Å². The summed E-state index contributed by atoms with van der Waals surface area (Å²) in [7, 11) is 0. The Hall–Kier alpha value is -0.320. The molecule has 3 rings (SSSR count). The van der Waals surface area contributed by atoms with Crippen LogP contribution in [0.1, 0.15) is 35.8 Å². The van der Waals surface area contributed by atoms with Crippen molar-refractivity contribution in [1.82, 2.24) is 4.90 Å². The van der Waals surface area contributed by atoms with Gasteiger partial charge in [0.05, 0.1) is 4.58 Å². The van der Waals surface area contributed by atoms with E-state index in [0.29, 0.717) is 4.58 Å². The summed E-state index contributed by atoms with van der Waals surface area (Å²) in [5.74, 6) is 3.61. The molecule has 2 nitrogen and oxygen atoms in total. The van der Waals surface area contributed by atoms with E-state index in [4.69, 9.17) is 4.74 Å². The Balaban J connectivity index is 1.43. The van der Waals surface area contributed by atoms with Crippen LogP contribution in [0.5, 0.6) is 5.75 Å². The van der Waals surface area contributed by atoms with Crippen molar-refractivity contribution in [3.8, 4) is 5.75 Å². The molecule has 0 radical (unpaired) electrons. The number of likely N-dealkylation sites (tertiary alicyclic amines) is 1. The van der Waals surface area contributed by atoms with E-state index in [1.807, 2.05) is 0 Å². The average molecular weight is 324 g/mol. The highest BCUT2D eigenvalue weighted by atomic mass is 32.2. The molecule has 2 aliphatic rings. The molecule has 0 amide bonds. The number of rotatable bonds is 5. The third-order valence-corrected chi connectivity index (χ3v) is 7.12. The maximum Gasteiger partial charge on any atom is 0.119 e. The zero-order valence-corrected chi connectivity index (χ0v) is 14.3. The van der Waals surface area contributed by atoms with Gasteiger partial charge in [-0.2, -0.15) is 0 Å². The summed E-state index contributed by atoms with van der Waals surface area (Å²) in [4.78, 5) is 2.52. The van der Waals surface area contributed by atoms with Crippen molar-refractivity contribution in [3.63, 3.8) is 0 Å². The van der Waals surface area contributed by atoms with Gasteiger partial charge in [-0.15, -0.1) is 23.5 Å². The molecule has 1 aromatic rings. The zero-order chi connectivity index (χ0) is 14.3. The molecule has 0 saturated carbocycles.